The van der Waals surface area contributed by atoms with E-state index in [9.17, 15) is 9.59 Å². The molecule has 0 aliphatic heterocycles. The van der Waals surface area contributed by atoms with E-state index in [0.29, 0.717) is 33.0 Å². The first-order valence-corrected chi connectivity index (χ1v) is 14.5. The Morgan fingerprint density at radius 2 is 1.95 bits per heavy atom. The molecule has 2 saturated carbocycles. The van der Waals surface area contributed by atoms with Gasteiger partial charge in [0.25, 0.3) is 5.91 Å². The molecular weight excluding hydrogens is 577 g/mol. The van der Waals surface area contributed by atoms with E-state index in [1.807, 2.05) is 43.3 Å². The Hall–Kier alpha value is -3.88. The summed E-state index contributed by atoms with van der Waals surface area (Å²) in [7, 11) is 0. The second-order valence-electron chi connectivity index (χ2n) is 11.3. The Bertz CT molecular complexity index is 1680. The molecule has 10 heteroatoms. The average Bonchev–Trinajstić information content (AvgIpc) is 3.89. The molecule has 8 nitrogen and oxygen atoms in total. The fourth-order valence-corrected chi connectivity index (χ4v) is 6.18. The van der Waals surface area contributed by atoms with Gasteiger partial charge in [-0.3, -0.25) is 14.6 Å². The lowest BCUT2D eigenvalue weighted by molar-refractivity contribution is -0.135. The van der Waals surface area contributed by atoms with Crippen molar-refractivity contribution in [2.75, 3.05) is 6.54 Å². The molecule has 2 heterocycles. The maximum absolute atomic E-state index is 12.4. The fourth-order valence-electron chi connectivity index (χ4n) is 5.56. The number of amides is 1. The number of pyridine rings is 1. The first kappa shape index (κ1) is 28.2. The third-order valence-corrected chi connectivity index (χ3v) is 8.90. The molecule has 2 aromatic carbocycles. The number of carbonyl (C=O) groups is 2. The number of carboxylic acid groups (broad SMARTS) is 1. The number of ether oxygens (including phenoxy) is 1. The van der Waals surface area contributed by atoms with Gasteiger partial charge >= 0.3 is 5.97 Å². The van der Waals surface area contributed by atoms with Crippen LogP contribution in [0.4, 0.5) is 0 Å². The number of nitrogens with one attached hydrogen (secondary N) is 1. The smallest absolute Gasteiger partial charge is 0.322 e. The lowest BCUT2D eigenvalue weighted by Gasteiger charge is -2.15. The minimum Gasteiger partial charge on any atom is -0.489 e. The van der Waals surface area contributed by atoms with E-state index >= 15 is 0 Å². The van der Waals surface area contributed by atoms with Gasteiger partial charge in [-0.15, -0.1) is 0 Å². The molecule has 0 radical (unpaired) electrons. The van der Waals surface area contributed by atoms with Crippen LogP contribution in [0.5, 0.6) is 5.75 Å². The second kappa shape index (κ2) is 11.1. The number of aliphatic carboxylic acids is 1. The molecule has 0 spiro atoms. The summed E-state index contributed by atoms with van der Waals surface area (Å²) in [5, 5.41) is 16.8. The first-order valence-electron chi connectivity index (χ1n) is 13.8. The van der Waals surface area contributed by atoms with E-state index in [1.165, 1.54) is 6.20 Å². The van der Waals surface area contributed by atoms with Gasteiger partial charge in [0.2, 0.25) is 0 Å². The predicted octanol–water partition coefficient (Wildman–Crippen LogP) is 7.07. The highest BCUT2D eigenvalue weighted by Crippen LogP contribution is 2.61. The Morgan fingerprint density at radius 1 is 1.14 bits per heavy atom. The third-order valence-electron chi connectivity index (χ3n) is 8.25. The minimum absolute atomic E-state index is 0.132. The molecule has 216 valence electrons. The normalized spacial score (nSPS) is 19.4. The first-order chi connectivity index (χ1) is 20.2. The molecule has 0 saturated heterocycles. The van der Waals surface area contributed by atoms with Crippen molar-refractivity contribution >= 4 is 35.1 Å². The number of hydrogen-bond acceptors (Lipinski definition) is 6. The molecule has 0 bridgehead atoms. The summed E-state index contributed by atoms with van der Waals surface area (Å²) in [5.74, 6) is 0.389. The summed E-state index contributed by atoms with van der Waals surface area (Å²) in [4.78, 5) is 27.4. The standard InChI is InChI=1S/C32H29Cl2N3O5/c1-17-4-3-5-25(33)28(17)29-23(30(42-37-29)18-6-7-18)16-41-21-8-9-22(26(34)11-21)24-12-32(24,2)20-10-19(13-35-14-20)31(40)36-15-27(38)39/h3-5,8-11,13-14,18,24H,6-7,12,15-16H2,1-2H3,(H,36,40)(H,38,39). The fraction of sp³-hybridized carbons (Fsp3) is 0.312. The van der Waals surface area contributed by atoms with E-state index in [2.05, 4.69) is 22.4 Å². The highest BCUT2D eigenvalue weighted by Gasteiger charge is 2.53. The number of halogens is 2. The third kappa shape index (κ3) is 5.49. The van der Waals surface area contributed by atoms with Crippen LogP contribution in [0, 0.1) is 6.92 Å². The van der Waals surface area contributed by atoms with Gasteiger partial charge in [0.05, 0.1) is 16.1 Å². The van der Waals surface area contributed by atoms with Gasteiger partial charge in [-0.05, 0) is 73.1 Å². The number of hydrogen-bond donors (Lipinski definition) is 2. The van der Waals surface area contributed by atoms with Crippen molar-refractivity contribution in [2.24, 2.45) is 0 Å². The number of rotatable bonds is 10. The highest BCUT2D eigenvalue weighted by molar-refractivity contribution is 6.33. The summed E-state index contributed by atoms with van der Waals surface area (Å²) in [5.41, 5.74) is 5.44. The maximum Gasteiger partial charge on any atom is 0.322 e. The maximum atomic E-state index is 12.4. The summed E-state index contributed by atoms with van der Waals surface area (Å²) in [6.45, 7) is 3.93. The molecule has 2 aromatic heterocycles. The van der Waals surface area contributed by atoms with Crippen LogP contribution in [0.25, 0.3) is 11.3 Å². The number of aryl methyl sites for hydroxylation is 1. The van der Waals surface area contributed by atoms with Gasteiger partial charge in [-0.25, -0.2) is 0 Å². The van der Waals surface area contributed by atoms with Crippen molar-refractivity contribution in [1.29, 1.82) is 0 Å². The van der Waals surface area contributed by atoms with Gasteiger partial charge in [0.1, 0.15) is 30.4 Å². The molecule has 2 aliphatic carbocycles. The van der Waals surface area contributed by atoms with E-state index in [-0.39, 0.29) is 17.9 Å². The Balaban J connectivity index is 1.19. The van der Waals surface area contributed by atoms with Crippen LogP contribution in [0.3, 0.4) is 0 Å². The average molecular weight is 607 g/mol. The number of carboxylic acids is 1. The SMILES string of the molecule is Cc1cccc(Cl)c1-c1noc(C2CC2)c1COc1ccc(C2CC2(C)c2cncc(C(=O)NCC(=O)O)c2)c(Cl)c1. The van der Waals surface area contributed by atoms with Crippen LogP contribution in [0.2, 0.25) is 10.0 Å². The van der Waals surface area contributed by atoms with Crippen LogP contribution >= 0.6 is 23.2 Å². The molecule has 42 heavy (non-hydrogen) atoms. The lowest BCUT2D eigenvalue weighted by atomic mass is 9.93. The number of nitrogens with zero attached hydrogens (tertiary/aromatic N) is 2. The summed E-state index contributed by atoms with van der Waals surface area (Å²) < 4.78 is 12.0. The number of aromatic nitrogens is 2. The molecule has 2 unspecified atom stereocenters. The van der Waals surface area contributed by atoms with E-state index in [4.69, 9.17) is 37.6 Å². The molecule has 1 amide bonds. The van der Waals surface area contributed by atoms with Gasteiger partial charge in [0.15, 0.2) is 0 Å². The Morgan fingerprint density at radius 3 is 2.67 bits per heavy atom. The molecule has 2 N–H and O–H groups in total. The van der Waals surface area contributed by atoms with Crippen LogP contribution in [0.1, 0.15) is 76.4 Å². The molecule has 2 fully saturated rings. The molecule has 6 rings (SSSR count). The summed E-state index contributed by atoms with van der Waals surface area (Å²) in [6.07, 6.45) is 6.14. The molecule has 2 atom stereocenters. The lowest BCUT2D eigenvalue weighted by Crippen LogP contribution is -2.29. The van der Waals surface area contributed by atoms with Crippen LogP contribution < -0.4 is 10.1 Å². The zero-order valence-electron chi connectivity index (χ0n) is 23.1. The van der Waals surface area contributed by atoms with Crippen molar-refractivity contribution in [3.05, 3.63) is 98.5 Å². The number of carbonyl (C=O) groups excluding carboxylic acids is 1. The van der Waals surface area contributed by atoms with Crippen molar-refractivity contribution in [2.45, 2.75) is 57.0 Å². The largest absolute Gasteiger partial charge is 0.489 e. The van der Waals surface area contributed by atoms with Gasteiger partial charge in [-0.1, -0.05) is 53.5 Å². The zero-order valence-corrected chi connectivity index (χ0v) is 24.6. The van der Waals surface area contributed by atoms with Crippen molar-refractivity contribution < 1.29 is 24.0 Å². The van der Waals surface area contributed by atoms with Gasteiger partial charge in [-0.2, -0.15) is 0 Å². The predicted molar refractivity (Wildman–Crippen MR) is 158 cm³/mol. The molecule has 4 aromatic rings. The Kier molecular flexibility index (Phi) is 7.45. The van der Waals surface area contributed by atoms with E-state index in [0.717, 1.165) is 52.8 Å². The van der Waals surface area contributed by atoms with E-state index in [1.54, 1.807) is 12.3 Å². The zero-order chi connectivity index (χ0) is 29.6. The Labute approximate surface area is 253 Å². The molecule has 2 aliphatic rings. The van der Waals surface area contributed by atoms with Gasteiger partial charge in [0, 0.05) is 34.3 Å². The minimum atomic E-state index is -1.11. The topological polar surface area (TPSA) is 115 Å². The van der Waals surface area contributed by atoms with Gasteiger partial charge < -0.3 is 19.7 Å². The van der Waals surface area contributed by atoms with E-state index < -0.39 is 18.4 Å². The quantitative estimate of drug-likeness (QED) is 0.199. The highest BCUT2D eigenvalue weighted by atomic mass is 35.5. The summed E-state index contributed by atoms with van der Waals surface area (Å²) in [6, 6.07) is 13.3. The monoisotopic (exact) mass is 605 g/mol. The van der Waals surface area contributed by atoms with Crippen LogP contribution in [-0.4, -0.2) is 33.7 Å². The van der Waals surface area contributed by atoms with Crippen molar-refractivity contribution in [3.63, 3.8) is 0 Å². The van der Waals surface area contributed by atoms with Crippen LogP contribution in [-0.2, 0) is 16.8 Å². The number of benzene rings is 2. The second-order valence-corrected chi connectivity index (χ2v) is 12.1. The van der Waals surface area contributed by atoms with Crippen molar-refractivity contribution in [3.8, 4) is 17.0 Å². The van der Waals surface area contributed by atoms with Crippen molar-refractivity contribution in [1.82, 2.24) is 15.5 Å². The summed E-state index contributed by atoms with van der Waals surface area (Å²) >= 11 is 13.4. The molecular formula is C32H29Cl2N3O5. The van der Waals surface area contributed by atoms with Crippen LogP contribution in [0.15, 0.2) is 59.4 Å².